The maximum Gasteiger partial charge on any atom is 0.251 e. The number of nitrogens with zero attached hydrogens (tertiary/aromatic N) is 3. The molecule has 0 radical (unpaired) electrons. The van der Waals surface area contributed by atoms with Gasteiger partial charge in [-0.15, -0.1) is 10.2 Å². The first-order valence-electron chi connectivity index (χ1n) is 13.6. The van der Waals surface area contributed by atoms with Crippen LogP contribution in [0.25, 0.3) is 11.3 Å². The van der Waals surface area contributed by atoms with E-state index in [0.29, 0.717) is 36.7 Å². The maximum atomic E-state index is 12.3. The minimum absolute atomic E-state index is 0.0677. The summed E-state index contributed by atoms with van der Waals surface area (Å²) < 4.78 is 23.0. The van der Waals surface area contributed by atoms with Gasteiger partial charge in [-0.25, -0.2) is 0 Å². The molecule has 182 valence electrons. The summed E-state index contributed by atoms with van der Waals surface area (Å²) in [6.07, 6.45) is 3.68. The summed E-state index contributed by atoms with van der Waals surface area (Å²) in [6.45, 7) is 5.66. The summed E-state index contributed by atoms with van der Waals surface area (Å²) in [5.41, 5.74) is 2.20. The molecule has 3 atom stereocenters. The molecule has 7 nitrogen and oxygen atoms in total. The van der Waals surface area contributed by atoms with Crippen molar-refractivity contribution in [2.24, 2.45) is 17.8 Å². The van der Waals surface area contributed by atoms with Crippen LogP contribution >= 0.6 is 0 Å². The number of amides is 1. The second-order valence-electron chi connectivity index (χ2n) is 10.3. The molecule has 7 heteroatoms. The summed E-state index contributed by atoms with van der Waals surface area (Å²) in [4.78, 5) is 14.4. The molecule has 34 heavy (non-hydrogen) atoms. The molecule has 1 amide bonds. The number of carbonyl (C=O) groups excluding carboxylic acids is 1. The molecule has 1 saturated carbocycles. The lowest BCUT2D eigenvalue weighted by molar-refractivity contribution is 0.0545. The molecule has 3 fully saturated rings. The van der Waals surface area contributed by atoms with Crippen LogP contribution in [0, 0.1) is 17.8 Å². The Bertz CT molecular complexity index is 1040. The van der Waals surface area contributed by atoms with Crippen LogP contribution < -0.4 is 10.6 Å². The van der Waals surface area contributed by atoms with Gasteiger partial charge in [-0.2, -0.15) is 0 Å². The molecule has 3 aliphatic rings. The molecular weight excluding hydrogens is 426 g/mol. The number of carbonyl (C=O) groups is 1. The SMILES string of the molecule is [2H]C([2H])(C1CCOCC1)N1C[C@H]2CC(Nc3ccc(-c4cccc(C(=O)NC(C)C)c4)nn3)C[C@H]2C1. The van der Waals surface area contributed by atoms with Crippen LogP contribution in [0.2, 0.25) is 0 Å². The number of rotatable bonds is 7. The van der Waals surface area contributed by atoms with E-state index in [1.807, 2.05) is 44.2 Å². The lowest BCUT2D eigenvalue weighted by atomic mass is 10.00. The van der Waals surface area contributed by atoms with Crippen LogP contribution in [-0.2, 0) is 4.74 Å². The van der Waals surface area contributed by atoms with Crippen molar-refractivity contribution < 1.29 is 12.3 Å². The highest BCUT2D eigenvalue weighted by Gasteiger charge is 2.41. The number of nitrogens with one attached hydrogen (secondary N) is 2. The molecule has 1 aliphatic carbocycles. The van der Waals surface area contributed by atoms with E-state index in [0.717, 1.165) is 55.8 Å². The lowest BCUT2D eigenvalue weighted by Gasteiger charge is -2.27. The first-order chi connectivity index (χ1) is 17.3. The van der Waals surface area contributed by atoms with E-state index in [-0.39, 0.29) is 17.9 Å². The number of ether oxygens (including phenoxy) is 1. The van der Waals surface area contributed by atoms with E-state index < -0.39 is 6.50 Å². The third-order valence-electron chi connectivity index (χ3n) is 7.19. The Hall–Kier alpha value is -2.51. The molecule has 2 aromatic rings. The van der Waals surface area contributed by atoms with Gasteiger partial charge >= 0.3 is 0 Å². The zero-order valence-electron chi connectivity index (χ0n) is 22.2. The van der Waals surface area contributed by atoms with E-state index in [2.05, 4.69) is 25.7 Å². The fourth-order valence-electron chi connectivity index (χ4n) is 5.55. The third kappa shape index (κ3) is 5.58. The quantitative estimate of drug-likeness (QED) is 0.647. The Morgan fingerprint density at radius 2 is 1.91 bits per heavy atom. The van der Waals surface area contributed by atoms with Gasteiger partial charge in [-0.3, -0.25) is 4.79 Å². The Balaban J connectivity index is 1.16. The zero-order chi connectivity index (χ0) is 25.3. The second kappa shape index (κ2) is 10.4. The van der Waals surface area contributed by atoms with Gasteiger partial charge in [0.1, 0.15) is 5.82 Å². The molecule has 0 spiro atoms. The van der Waals surface area contributed by atoms with Crippen LogP contribution in [0.15, 0.2) is 36.4 Å². The van der Waals surface area contributed by atoms with Crippen molar-refractivity contribution in [3.63, 3.8) is 0 Å². The topological polar surface area (TPSA) is 79.4 Å². The summed E-state index contributed by atoms with van der Waals surface area (Å²) in [7, 11) is 0. The van der Waals surface area contributed by atoms with Gasteiger partial charge in [-0.05, 0) is 81.5 Å². The van der Waals surface area contributed by atoms with Gasteiger partial charge < -0.3 is 20.3 Å². The van der Waals surface area contributed by atoms with Crippen LogP contribution in [0.5, 0.6) is 0 Å². The highest BCUT2D eigenvalue weighted by atomic mass is 16.5. The number of anilines is 1. The average molecular weight is 466 g/mol. The van der Waals surface area contributed by atoms with Gasteiger partial charge in [0.15, 0.2) is 0 Å². The number of fused-ring (bicyclic) bond motifs is 1. The zero-order valence-corrected chi connectivity index (χ0v) is 20.2. The normalized spacial score (nSPS) is 26.7. The van der Waals surface area contributed by atoms with Crippen molar-refractivity contribution in [2.75, 3.05) is 38.1 Å². The number of hydrogen-bond acceptors (Lipinski definition) is 6. The van der Waals surface area contributed by atoms with Crippen LogP contribution in [0.3, 0.4) is 0 Å². The number of hydrogen-bond donors (Lipinski definition) is 2. The predicted octanol–water partition coefficient (Wildman–Crippen LogP) is 3.83. The Morgan fingerprint density at radius 1 is 1.15 bits per heavy atom. The molecule has 2 saturated heterocycles. The van der Waals surface area contributed by atoms with E-state index >= 15 is 0 Å². The summed E-state index contributed by atoms with van der Waals surface area (Å²) in [5.74, 6) is 1.77. The lowest BCUT2D eigenvalue weighted by Crippen LogP contribution is -2.32. The van der Waals surface area contributed by atoms with Gasteiger partial charge in [-0.1, -0.05) is 12.1 Å². The average Bonchev–Trinajstić information content (AvgIpc) is 3.44. The van der Waals surface area contributed by atoms with Gasteiger partial charge in [0.2, 0.25) is 0 Å². The number of likely N-dealkylation sites (tertiary alicyclic amines) is 1. The van der Waals surface area contributed by atoms with Crippen molar-refractivity contribution in [2.45, 2.75) is 51.6 Å². The summed E-state index contributed by atoms with van der Waals surface area (Å²) in [6, 6.07) is 11.8. The largest absolute Gasteiger partial charge is 0.381 e. The van der Waals surface area contributed by atoms with Crippen LogP contribution in [-0.4, -0.2) is 65.9 Å². The Kier molecular flexibility index (Phi) is 6.37. The summed E-state index contributed by atoms with van der Waals surface area (Å²) in [5, 5.41) is 15.3. The maximum absolute atomic E-state index is 12.3. The van der Waals surface area contributed by atoms with Crippen LogP contribution in [0.4, 0.5) is 5.82 Å². The second-order valence-corrected chi connectivity index (χ2v) is 10.3. The van der Waals surface area contributed by atoms with E-state index in [1.165, 1.54) is 0 Å². The molecule has 2 N–H and O–H groups in total. The minimum atomic E-state index is -1.24. The van der Waals surface area contributed by atoms with E-state index in [4.69, 9.17) is 7.48 Å². The fraction of sp³-hybridized carbons (Fsp3) is 0.593. The molecule has 1 aromatic heterocycles. The molecule has 2 aliphatic heterocycles. The monoisotopic (exact) mass is 465 g/mol. The van der Waals surface area contributed by atoms with E-state index in [9.17, 15) is 4.79 Å². The van der Waals surface area contributed by atoms with Crippen molar-refractivity contribution in [1.82, 2.24) is 20.4 Å². The van der Waals surface area contributed by atoms with Crippen molar-refractivity contribution in [1.29, 1.82) is 0 Å². The molecular formula is C27H37N5O2. The minimum Gasteiger partial charge on any atom is -0.381 e. The van der Waals surface area contributed by atoms with E-state index in [1.54, 1.807) is 6.07 Å². The van der Waals surface area contributed by atoms with Gasteiger partial charge in [0.25, 0.3) is 5.91 Å². The van der Waals surface area contributed by atoms with Crippen molar-refractivity contribution in [3.05, 3.63) is 42.0 Å². The number of benzene rings is 1. The first-order valence-corrected chi connectivity index (χ1v) is 12.6. The smallest absolute Gasteiger partial charge is 0.251 e. The fourth-order valence-corrected chi connectivity index (χ4v) is 5.55. The summed E-state index contributed by atoms with van der Waals surface area (Å²) >= 11 is 0. The predicted molar refractivity (Wildman–Crippen MR) is 134 cm³/mol. The molecule has 1 aromatic carbocycles. The molecule has 5 rings (SSSR count). The highest BCUT2D eigenvalue weighted by Crippen LogP contribution is 2.39. The Labute approximate surface area is 205 Å². The van der Waals surface area contributed by atoms with Gasteiger partial charge in [0.05, 0.1) is 5.69 Å². The highest BCUT2D eigenvalue weighted by molar-refractivity contribution is 5.95. The molecule has 3 heterocycles. The van der Waals surface area contributed by atoms with Gasteiger partial charge in [0, 0.05) is 58.8 Å². The third-order valence-corrected chi connectivity index (χ3v) is 7.19. The first kappa shape index (κ1) is 20.8. The van der Waals surface area contributed by atoms with Crippen molar-refractivity contribution >= 4 is 11.7 Å². The van der Waals surface area contributed by atoms with Crippen LogP contribution in [0.1, 0.15) is 52.6 Å². The molecule has 1 unspecified atom stereocenters. The number of aromatic nitrogens is 2. The Morgan fingerprint density at radius 3 is 2.59 bits per heavy atom. The van der Waals surface area contributed by atoms with Crippen molar-refractivity contribution in [3.8, 4) is 11.3 Å². The standard InChI is InChI=1S/C27H37N5O2/c1-18(2)28-27(33)21-5-3-4-20(12-21)25-6-7-26(31-30-25)29-24-13-22-16-32(17-23(22)14-24)15-19-8-10-34-11-9-19/h3-7,12,18-19,22-24H,8-11,13-17H2,1-2H3,(H,28,33)(H,29,31)/t22-,23+,24?/i15D2. The molecule has 0 bridgehead atoms.